The fourth-order valence-corrected chi connectivity index (χ4v) is 2.53. The van der Waals surface area contributed by atoms with Crippen LogP contribution < -0.4 is 4.72 Å². The number of anilines is 1. The van der Waals surface area contributed by atoms with Gasteiger partial charge in [0.05, 0.1) is 19.3 Å². The number of carbonyl (C=O) groups is 1. The van der Waals surface area contributed by atoms with Gasteiger partial charge in [0.1, 0.15) is 6.61 Å². The van der Waals surface area contributed by atoms with Crippen molar-refractivity contribution in [1.82, 2.24) is 0 Å². The van der Waals surface area contributed by atoms with Gasteiger partial charge < -0.3 is 9.84 Å². The van der Waals surface area contributed by atoms with Gasteiger partial charge in [-0.15, -0.1) is 0 Å². The van der Waals surface area contributed by atoms with Crippen molar-refractivity contribution in [3.63, 3.8) is 0 Å². The lowest BCUT2D eigenvalue weighted by Gasteiger charge is -2.09. The predicted molar refractivity (Wildman–Crippen MR) is 79.2 cm³/mol. The third-order valence-corrected chi connectivity index (χ3v) is 3.90. The first-order valence-corrected chi connectivity index (χ1v) is 7.81. The number of nitrogens with one attached hydrogen (secondary N) is 1. The maximum Gasteiger partial charge on any atom is 0.306 e. The van der Waals surface area contributed by atoms with Crippen molar-refractivity contribution in [2.24, 2.45) is 0 Å². The number of ether oxygens (including phenoxy) is 1. The molecule has 0 saturated heterocycles. The van der Waals surface area contributed by atoms with Crippen LogP contribution in [0.25, 0.3) is 0 Å². The van der Waals surface area contributed by atoms with Gasteiger partial charge in [0.15, 0.2) is 0 Å². The maximum absolute atomic E-state index is 11.8. The van der Waals surface area contributed by atoms with Crippen molar-refractivity contribution >= 4 is 21.7 Å². The summed E-state index contributed by atoms with van der Waals surface area (Å²) in [4.78, 5) is 11.0. The average molecular weight is 311 g/mol. The molecule has 1 rings (SSSR count). The third-order valence-electron chi connectivity index (χ3n) is 2.62. The molecule has 0 heterocycles. The molecule has 6 nitrogen and oxygen atoms in total. The van der Waals surface area contributed by atoms with Crippen LogP contribution in [0.1, 0.15) is 17.5 Å². The zero-order chi connectivity index (χ0) is 15.9. The predicted octanol–water partition coefficient (Wildman–Crippen LogP) is 0.644. The second-order valence-corrected chi connectivity index (χ2v) is 6.08. The van der Waals surface area contributed by atoms with Gasteiger partial charge in [-0.25, -0.2) is 8.42 Å². The fraction of sp³-hybridized carbons (Fsp3) is 0.357. The average Bonchev–Trinajstić information content (AvgIpc) is 2.45. The Morgan fingerprint density at radius 3 is 2.76 bits per heavy atom. The largest absolute Gasteiger partial charge is 0.469 e. The summed E-state index contributed by atoms with van der Waals surface area (Å²) < 4.78 is 30.4. The van der Waals surface area contributed by atoms with Crippen LogP contribution in [0.5, 0.6) is 0 Å². The number of aliphatic hydroxyl groups is 1. The molecule has 0 radical (unpaired) electrons. The topological polar surface area (TPSA) is 92.7 Å². The van der Waals surface area contributed by atoms with Gasteiger partial charge in [0.2, 0.25) is 10.0 Å². The number of carbonyl (C=O) groups excluding carboxylic acids is 1. The molecule has 0 aromatic heterocycles. The lowest BCUT2D eigenvalue weighted by molar-refractivity contribution is -0.140. The van der Waals surface area contributed by atoms with Gasteiger partial charge in [-0.1, -0.05) is 17.9 Å². The summed E-state index contributed by atoms with van der Waals surface area (Å²) in [7, 11) is -2.44. The number of esters is 1. The number of sulfonamides is 1. The quantitative estimate of drug-likeness (QED) is 0.615. The molecule has 0 saturated carbocycles. The van der Waals surface area contributed by atoms with Gasteiger partial charge in [0.25, 0.3) is 0 Å². The van der Waals surface area contributed by atoms with Gasteiger partial charge >= 0.3 is 5.97 Å². The molecule has 0 aliphatic carbocycles. The van der Waals surface area contributed by atoms with Crippen molar-refractivity contribution in [2.75, 3.05) is 24.2 Å². The van der Waals surface area contributed by atoms with Crippen molar-refractivity contribution in [1.29, 1.82) is 0 Å². The third kappa shape index (κ3) is 5.85. The second kappa shape index (κ2) is 7.67. The molecule has 0 spiro atoms. The van der Waals surface area contributed by atoms with Crippen LogP contribution in [-0.4, -0.2) is 39.0 Å². The van der Waals surface area contributed by atoms with E-state index in [1.165, 1.54) is 7.11 Å². The zero-order valence-electron chi connectivity index (χ0n) is 11.8. The summed E-state index contributed by atoms with van der Waals surface area (Å²) in [5.41, 5.74) is 1.85. The van der Waals surface area contributed by atoms with E-state index in [0.29, 0.717) is 11.3 Å². The summed E-state index contributed by atoms with van der Waals surface area (Å²) in [6.45, 7) is 1.56. The van der Waals surface area contributed by atoms with Crippen molar-refractivity contribution in [3.05, 3.63) is 29.3 Å². The van der Waals surface area contributed by atoms with E-state index in [-0.39, 0.29) is 18.8 Å². The van der Waals surface area contributed by atoms with Crippen molar-refractivity contribution in [3.8, 4) is 11.8 Å². The number of aryl methyl sites for hydroxylation is 1. The van der Waals surface area contributed by atoms with E-state index in [1.54, 1.807) is 18.2 Å². The molecule has 1 aromatic carbocycles. The first-order chi connectivity index (χ1) is 9.88. The molecular weight excluding hydrogens is 294 g/mol. The van der Waals surface area contributed by atoms with Gasteiger partial charge in [-0.3, -0.25) is 9.52 Å². The summed E-state index contributed by atoms with van der Waals surface area (Å²) in [6, 6.07) is 4.91. The standard InChI is InChI=1S/C14H17NO5S/c1-11-5-6-13(10-12(11)4-3-8-16)15-21(18,19)9-7-14(17)20-2/h5-6,10,15-16H,7-9H2,1-2H3. The molecule has 0 aliphatic rings. The first kappa shape index (κ1) is 17.0. The Balaban J connectivity index is 2.85. The van der Waals surface area contributed by atoms with Crippen LogP contribution in [0.3, 0.4) is 0 Å². The number of rotatable bonds is 5. The summed E-state index contributed by atoms with van der Waals surface area (Å²) >= 11 is 0. The first-order valence-electron chi connectivity index (χ1n) is 6.15. The number of hydrogen-bond donors (Lipinski definition) is 2. The molecular formula is C14H17NO5S. The van der Waals surface area contributed by atoms with Crippen LogP contribution in [0.15, 0.2) is 18.2 Å². The van der Waals surface area contributed by atoms with E-state index in [4.69, 9.17) is 5.11 Å². The maximum atomic E-state index is 11.8. The normalized spacial score (nSPS) is 10.4. The minimum absolute atomic E-state index is 0.213. The van der Waals surface area contributed by atoms with Crippen LogP contribution in [0.2, 0.25) is 0 Å². The highest BCUT2D eigenvalue weighted by molar-refractivity contribution is 7.92. The van der Waals surface area contributed by atoms with E-state index >= 15 is 0 Å². The number of methoxy groups -OCH3 is 1. The SMILES string of the molecule is COC(=O)CCS(=O)(=O)Nc1ccc(C)c(C#CCO)c1. The molecule has 21 heavy (non-hydrogen) atoms. The van der Waals surface area contributed by atoms with Crippen molar-refractivity contribution in [2.45, 2.75) is 13.3 Å². The molecule has 0 fully saturated rings. The molecule has 0 bridgehead atoms. The monoisotopic (exact) mass is 311 g/mol. The minimum Gasteiger partial charge on any atom is -0.469 e. The van der Waals surface area contributed by atoms with Crippen LogP contribution >= 0.6 is 0 Å². The van der Waals surface area contributed by atoms with E-state index in [0.717, 1.165) is 5.56 Å². The molecule has 114 valence electrons. The molecule has 0 atom stereocenters. The Morgan fingerprint density at radius 2 is 2.14 bits per heavy atom. The van der Waals surface area contributed by atoms with Gasteiger partial charge in [0, 0.05) is 11.3 Å². The van der Waals surface area contributed by atoms with Crippen molar-refractivity contribution < 1.29 is 23.1 Å². The Labute approximate surface area is 124 Å². The Hall–Kier alpha value is -2.04. The Kier molecular flexibility index (Phi) is 6.21. The molecule has 2 N–H and O–H groups in total. The van der Waals surface area contributed by atoms with Crippen LogP contribution in [0, 0.1) is 18.8 Å². The number of hydrogen-bond acceptors (Lipinski definition) is 5. The number of benzene rings is 1. The molecule has 0 unspecified atom stereocenters. The summed E-state index contributed by atoms with van der Waals surface area (Å²) in [5.74, 6) is 4.31. The highest BCUT2D eigenvalue weighted by Gasteiger charge is 2.14. The highest BCUT2D eigenvalue weighted by atomic mass is 32.2. The smallest absolute Gasteiger partial charge is 0.306 e. The Bertz CT molecular complexity index is 670. The second-order valence-electron chi connectivity index (χ2n) is 4.24. The highest BCUT2D eigenvalue weighted by Crippen LogP contribution is 2.16. The Morgan fingerprint density at radius 1 is 1.43 bits per heavy atom. The molecule has 0 aliphatic heterocycles. The van der Waals surface area contributed by atoms with Gasteiger partial charge in [-0.05, 0) is 24.6 Å². The minimum atomic E-state index is -3.64. The lowest BCUT2D eigenvalue weighted by Crippen LogP contribution is -2.19. The lowest BCUT2D eigenvalue weighted by atomic mass is 10.1. The number of aliphatic hydroxyl groups excluding tert-OH is 1. The van der Waals surface area contributed by atoms with E-state index in [9.17, 15) is 13.2 Å². The molecule has 7 heteroatoms. The van der Waals surface area contributed by atoms with Crippen LogP contribution in [-0.2, 0) is 19.6 Å². The fourth-order valence-electron chi connectivity index (χ4n) is 1.51. The van der Waals surface area contributed by atoms with E-state index in [2.05, 4.69) is 21.3 Å². The summed E-state index contributed by atoms with van der Waals surface area (Å²) in [5, 5.41) is 8.69. The van der Waals surface area contributed by atoms with Crippen LogP contribution in [0.4, 0.5) is 5.69 Å². The molecule has 1 aromatic rings. The zero-order valence-corrected chi connectivity index (χ0v) is 12.7. The van der Waals surface area contributed by atoms with E-state index in [1.807, 2.05) is 6.92 Å². The van der Waals surface area contributed by atoms with Gasteiger partial charge in [-0.2, -0.15) is 0 Å². The molecule has 0 amide bonds. The summed E-state index contributed by atoms with van der Waals surface area (Å²) in [6.07, 6.45) is -0.213. The van der Waals surface area contributed by atoms with E-state index < -0.39 is 16.0 Å².